The van der Waals surface area contributed by atoms with E-state index in [1.54, 1.807) is 24.5 Å². The maximum absolute atomic E-state index is 11.0. The molecule has 7 heteroatoms. The Labute approximate surface area is 123 Å². The van der Waals surface area contributed by atoms with Crippen LogP contribution in [0.25, 0.3) is 0 Å². The summed E-state index contributed by atoms with van der Waals surface area (Å²) in [6.45, 7) is 1.93. The molecule has 98 valence electrons. The fraction of sp³-hybridized carbons (Fsp3) is 0.167. The van der Waals surface area contributed by atoms with Crippen molar-refractivity contribution in [2.24, 2.45) is 0 Å². The molecule has 0 fully saturated rings. The molecule has 0 radical (unpaired) electrons. The molecule has 0 amide bonds. The molecule has 2 aromatic rings. The Balaban J connectivity index is 2.33. The van der Waals surface area contributed by atoms with Crippen molar-refractivity contribution in [1.29, 1.82) is 0 Å². The highest BCUT2D eigenvalue weighted by Crippen LogP contribution is 2.30. The first-order valence-corrected chi connectivity index (χ1v) is 6.60. The van der Waals surface area contributed by atoms with Gasteiger partial charge in [-0.05, 0) is 40.6 Å². The predicted octanol–water partition coefficient (Wildman–Crippen LogP) is 3.34. The Morgan fingerprint density at radius 1 is 1.37 bits per heavy atom. The number of hydrogen-bond donors (Lipinski definition) is 0. The van der Waals surface area contributed by atoms with Crippen LogP contribution in [0.3, 0.4) is 0 Å². The zero-order chi connectivity index (χ0) is 13.8. The predicted molar refractivity (Wildman–Crippen MR) is 77.3 cm³/mol. The lowest BCUT2D eigenvalue weighted by Gasteiger charge is -2.05. The molecule has 0 aliphatic heterocycles. The van der Waals surface area contributed by atoms with Gasteiger partial charge in [-0.25, -0.2) is 9.97 Å². The summed E-state index contributed by atoms with van der Waals surface area (Å²) >= 11 is 2.07. The van der Waals surface area contributed by atoms with E-state index in [1.165, 1.54) is 6.07 Å². The smallest absolute Gasteiger partial charge is 0.322 e. The van der Waals surface area contributed by atoms with Crippen LogP contribution in [0.5, 0.6) is 11.8 Å². The lowest BCUT2D eigenvalue weighted by atomic mass is 10.1. The number of hydrogen-bond acceptors (Lipinski definition) is 5. The van der Waals surface area contributed by atoms with Crippen molar-refractivity contribution in [3.63, 3.8) is 0 Å². The highest BCUT2D eigenvalue weighted by molar-refractivity contribution is 14.1. The summed E-state index contributed by atoms with van der Waals surface area (Å²) in [6, 6.07) is 4.95. The van der Waals surface area contributed by atoms with Gasteiger partial charge in [-0.15, -0.1) is 0 Å². The molecule has 0 aliphatic carbocycles. The van der Waals surface area contributed by atoms with Crippen molar-refractivity contribution < 1.29 is 9.66 Å². The van der Waals surface area contributed by atoms with Crippen molar-refractivity contribution >= 4 is 28.3 Å². The van der Waals surface area contributed by atoms with E-state index in [2.05, 4.69) is 32.6 Å². The van der Waals surface area contributed by atoms with Crippen molar-refractivity contribution in [3.8, 4) is 11.8 Å². The summed E-state index contributed by atoms with van der Waals surface area (Å²) < 4.78 is 6.22. The minimum absolute atomic E-state index is 0.0819. The molecule has 0 aliphatic rings. The van der Waals surface area contributed by atoms with E-state index in [-0.39, 0.29) is 17.4 Å². The SMILES string of the molecule is CCc1ccc(Oc2ncc(I)cn2)c([N+](=O)[O-])c1. The summed E-state index contributed by atoms with van der Waals surface area (Å²) in [4.78, 5) is 18.5. The Kier molecular flexibility index (Phi) is 4.25. The summed E-state index contributed by atoms with van der Waals surface area (Å²) in [5.74, 6) is 0.142. The molecule has 0 spiro atoms. The maximum Gasteiger partial charge on any atom is 0.322 e. The number of nitro groups is 1. The van der Waals surface area contributed by atoms with Gasteiger partial charge < -0.3 is 4.74 Å². The van der Waals surface area contributed by atoms with Crippen LogP contribution in [0.15, 0.2) is 30.6 Å². The van der Waals surface area contributed by atoms with E-state index < -0.39 is 4.92 Å². The van der Waals surface area contributed by atoms with Gasteiger partial charge in [0.15, 0.2) is 0 Å². The number of benzene rings is 1. The molecule has 1 aromatic carbocycles. The Hall–Kier alpha value is -1.77. The minimum atomic E-state index is -0.471. The molecule has 0 saturated carbocycles. The van der Waals surface area contributed by atoms with Crippen LogP contribution in [0.1, 0.15) is 12.5 Å². The fourth-order valence-electron chi connectivity index (χ4n) is 1.46. The van der Waals surface area contributed by atoms with Crippen molar-refractivity contribution in [3.05, 3.63) is 49.8 Å². The molecule has 0 bridgehead atoms. The number of halogens is 1. The van der Waals surface area contributed by atoms with Crippen LogP contribution in [0.2, 0.25) is 0 Å². The van der Waals surface area contributed by atoms with Gasteiger partial charge in [0.2, 0.25) is 5.75 Å². The molecule has 0 N–H and O–H groups in total. The number of rotatable bonds is 4. The second kappa shape index (κ2) is 5.91. The van der Waals surface area contributed by atoms with Gasteiger partial charge >= 0.3 is 11.7 Å². The van der Waals surface area contributed by atoms with Crippen molar-refractivity contribution in [1.82, 2.24) is 9.97 Å². The maximum atomic E-state index is 11.0. The highest BCUT2D eigenvalue weighted by atomic mass is 127. The van der Waals surface area contributed by atoms with Gasteiger partial charge in [-0.1, -0.05) is 13.0 Å². The summed E-state index contributed by atoms with van der Waals surface area (Å²) in [5.41, 5.74) is 0.795. The Morgan fingerprint density at radius 3 is 2.63 bits per heavy atom. The number of nitro benzene ring substituents is 1. The molecule has 0 unspecified atom stereocenters. The van der Waals surface area contributed by atoms with E-state index in [4.69, 9.17) is 4.74 Å². The second-order valence-corrected chi connectivity index (χ2v) is 4.94. The monoisotopic (exact) mass is 371 g/mol. The quantitative estimate of drug-likeness (QED) is 0.468. The van der Waals surface area contributed by atoms with Crippen molar-refractivity contribution in [2.45, 2.75) is 13.3 Å². The first-order valence-electron chi connectivity index (χ1n) is 5.53. The molecule has 1 heterocycles. The third-order valence-electron chi connectivity index (χ3n) is 2.43. The summed E-state index contributed by atoms with van der Waals surface area (Å²) in [7, 11) is 0. The molecule has 6 nitrogen and oxygen atoms in total. The molecule has 2 rings (SSSR count). The Bertz CT molecular complexity index is 602. The Morgan fingerprint density at radius 2 is 2.05 bits per heavy atom. The van der Waals surface area contributed by atoms with Crippen LogP contribution in [0, 0.1) is 13.7 Å². The third kappa shape index (κ3) is 3.37. The molecule has 0 atom stereocenters. The van der Waals surface area contributed by atoms with Crippen LogP contribution in [-0.4, -0.2) is 14.9 Å². The standard InChI is InChI=1S/C12H10IN3O3/c1-2-8-3-4-11(10(5-8)16(17)18)19-12-14-6-9(13)7-15-12/h3-7H,2H2,1H3. The van der Waals surface area contributed by atoms with E-state index in [9.17, 15) is 10.1 Å². The zero-order valence-electron chi connectivity index (χ0n) is 10.0. The molecule has 0 saturated heterocycles. The summed E-state index contributed by atoms with van der Waals surface area (Å²) in [5, 5.41) is 11.0. The van der Waals surface area contributed by atoms with Crippen LogP contribution < -0.4 is 4.74 Å². The lowest BCUT2D eigenvalue weighted by Crippen LogP contribution is -1.97. The van der Waals surface area contributed by atoms with E-state index >= 15 is 0 Å². The van der Waals surface area contributed by atoms with Crippen LogP contribution >= 0.6 is 22.6 Å². The zero-order valence-corrected chi connectivity index (χ0v) is 12.2. The molecular weight excluding hydrogens is 361 g/mol. The van der Waals surface area contributed by atoms with Gasteiger partial charge in [-0.2, -0.15) is 0 Å². The lowest BCUT2D eigenvalue weighted by molar-refractivity contribution is -0.385. The first kappa shape index (κ1) is 13.7. The number of aromatic nitrogens is 2. The largest absolute Gasteiger partial charge is 0.417 e. The van der Waals surface area contributed by atoms with E-state index in [1.807, 2.05) is 6.92 Å². The topological polar surface area (TPSA) is 78.2 Å². The van der Waals surface area contributed by atoms with Crippen LogP contribution in [0.4, 0.5) is 5.69 Å². The van der Waals surface area contributed by atoms with Gasteiger partial charge in [0, 0.05) is 22.0 Å². The van der Waals surface area contributed by atoms with E-state index in [0.29, 0.717) is 0 Å². The van der Waals surface area contributed by atoms with Gasteiger partial charge in [0.1, 0.15) is 0 Å². The summed E-state index contributed by atoms with van der Waals surface area (Å²) in [6.07, 6.45) is 3.88. The molecule has 1 aromatic heterocycles. The van der Waals surface area contributed by atoms with Gasteiger partial charge in [-0.3, -0.25) is 10.1 Å². The normalized spacial score (nSPS) is 10.2. The first-order chi connectivity index (χ1) is 9.10. The van der Waals surface area contributed by atoms with Crippen molar-refractivity contribution in [2.75, 3.05) is 0 Å². The number of ether oxygens (including phenoxy) is 1. The molecule has 19 heavy (non-hydrogen) atoms. The van der Waals surface area contributed by atoms with Gasteiger partial charge in [0.25, 0.3) is 0 Å². The number of aryl methyl sites for hydroxylation is 1. The average molecular weight is 371 g/mol. The molecular formula is C12H10IN3O3. The second-order valence-electron chi connectivity index (χ2n) is 3.70. The average Bonchev–Trinajstić information content (AvgIpc) is 2.41. The fourth-order valence-corrected chi connectivity index (χ4v) is 1.74. The minimum Gasteiger partial charge on any atom is -0.417 e. The van der Waals surface area contributed by atoms with Crippen LogP contribution in [-0.2, 0) is 6.42 Å². The van der Waals surface area contributed by atoms with E-state index in [0.717, 1.165) is 15.6 Å². The third-order valence-corrected chi connectivity index (χ3v) is 2.98. The van der Waals surface area contributed by atoms with Gasteiger partial charge in [0.05, 0.1) is 4.92 Å². The highest BCUT2D eigenvalue weighted by Gasteiger charge is 2.17. The number of nitrogens with zero attached hydrogens (tertiary/aromatic N) is 3.